The summed E-state index contributed by atoms with van der Waals surface area (Å²) in [4.78, 5) is 0. The topological polar surface area (TPSA) is 9.23 Å². The van der Waals surface area contributed by atoms with E-state index in [9.17, 15) is 13.2 Å². The van der Waals surface area contributed by atoms with Gasteiger partial charge in [0.25, 0.3) is 0 Å². The Morgan fingerprint density at radius 1 is 0.906 bits per heavy atom. The summed E-state index contributed by atoms with van der Waals surface area (Å²) in [6.45, 7) is 6.44. The van der Waals surface area contributed by atoms with Gasteiger partial charge < -0.3 is 4.74 Å². The normalized spacial score (nSPS) is 19.7. The lowest BCUT2D eigenvalue weighted by molar-refractivity contribution is -0.00789. The highest BCUT2D eigenvalue weighted by Crippen LogP contribution is 2.43. The zero-order valence-electron chi connectivity index (χ0n) is 18.6. The van der Waals surface area contributed by atoms with E-state index in [0.717, 1.165) is 32.1 Å². The number of halogens is 4. The van der Waals surface area contributed by atoms with Crippen LogP contribution in [0.25, 0.3) is 11.1 Å². The molecule has 172 valence electrons. The molecule has 0 N–H and O–H groups in total. The Labute approximate surface area is 187 Å². The molecule has 0 radical (unpaired) electrons. The lowest BCUT2D eigenvalue weighted by Gasteiger charge is -2.27. The molecule has 0 saturated carbocycles. The monoisotopic (exact) mass is 446 g/mol. The molecule has 4 rings (SSSR count). The van der Waals surface area contributed by atoms with Crippen LogP contribution in [0.2, 0.25) is 0 Å². The van der Waals surface area contributed by atoms with E-state index in [2.05, 4.69) is 6.58 Å². The Bertz CT molecular complexity index is 1010. The third-order valence-electron chi connectivity index (χ3n) is 6.88. The first-order chi connectivity index (χ1) is 15.4. The van der Waals surface area contributed by atoms with E-state index in [1.54, 1.807) is 12.1 Å². The van der Waals surface area contributed by atoms with Gasteiger partial charge in [-0.05, 0) is 67.2 Å². The predicted molar refractivity (Wildman–Crippen MR) is 119 cm³/mol. The van der Waals surface area contributed by atoms with Crippen LogP contribution in [0, 0.1) is 29.2 Å². The molecule has 0 aromatic heterocycles. The fourth-order valence-corrected chi connectivity index (χ4v) is 4.99. The van der Waals surface area contributed by atoms with Gasteiger partial charge in [-0.1, -0.05) is 38.0 Å². The third kappa shape index (κ3) is 4.36. The van der Waals surface area contributed by atoms with Crippen molar-refractivity contribution >= 4 is 0 Å². The maximum atomic E-state index is 15.1. The standard InChI is InChI=1S/C27H30F4O/c1-3-5-6-7-17-12-19-14-20-13-18(9-11-21-10-8-16(4-2)15-32-21)25(29)27(31)23(20)22(19)26(30)24(17)28/h4,12-13,16,21H,2-3,5-11,14-15H2,1H3. The number of benzene rings is 2. The summed E-state index contributed by atoms with van der Waals surface area (Å²) in [6, 6.07) is 3.25. The van der Waals surface area contributed by atoms with Crippen LogP contribution >= 0.6 is 0 Å². The number of hydrogen-bond donors (Lipinski definition) is 0. The first-order valence-electron chi connectivity index (χ1n) is 11.7. The quantitative estimate of drug-likeness (QED) is 0.198. The average molecular weight is 447 g/mol. The minimum absolute atomic E-state index is 0.0105. The average Bonchev–Trinajstić information content (AvgIpc) is 3.17. The molecule has 2 aromatic carbocycles. The SMILES string of the molecule is C=CC1CCC(CCc2cc3c(c(F)c2F)-c2c(cc(CCCCC)c(F)c2F)C3)OC1. The van der Waals surface area contributed by atoms with Gasteiger partial charge in [-0.25, -0.2) is 17.6 Å². The van der Waals surface area contributed by atoms with Crippen molar-refractivity contribution in [2.45, 2.75) is 70.8 Å². The summed E-state index contributed by atoms with van der Waals surface area (Å²) < 4.78 is 65.4. The van der Waals surface area contributed by atoms with Gasteiger partial charge in [0.05, 0.1) is 12.7 Å². The highest BCUT2D eigenvalue weighted by molar-refractivity contribution is 5.79. The van der Waals surface area contributed by atoms with Crippen LogP contribution in [0.4, 0.5) is 17.6 Å². The first-order valence-corrected chi connectivity index (χ1v) is 11.7. The summed E-state index contributed by atoms with van der Waals surface area (Å²) in [5.74, 6) is -3.70. The second kappa shape index (κ2) is 9.78. The highest BCUT2D eigenvalue weighted by Gasteiger charge is 2.32. The van der Waals surface area contributed by atoms with Crippen LogP contribution in [-0.4, -0.2) is 12.7 Å². The second-order valence-electron chi connectivity index (χ2n) is 9.10. The van der Waals surface area contributed by atoms with Crippen LogP contribution < -0.4 is 0 Å². The molecule has 1 nitrogen and oxygen atoms in total. The molecule has 32 heavy (non-hydrogen) atoms. The van der Waals surface area contributed by atoms with E-state index in [-0.39, 0.29) is 29.2 Å². The summed E-state index contributed by atoms with van der Waals surface area (Å²) in [6.07, 6.45) is 8.09. The summed E-state index contributed by atoms with van der Waals surface area (Å²) >= 11 is 0. The molecular weight excluding hydrogens is 416 g/mol. The number of aryl methyl sites for hydroxylation is 2. The molecule has 5 heteroatoms. The van der Waals surface area contributed by atoms with Crippen molar-refractivity contribution in [3.05, 3.63) is 70.3 Å². The van der Waals surface area contributed by atoms with E-state index in [1.807, 2.05) is 13.0 Å². The van der Waals surface area contributed by atoms with Crippen molar-refractivity contribution in [2.24, 2.45) is 5.92 Å². The van der Waals surface area contributed by atoms with Crippen molar-refractivity contribution in [3.63, 3.8) is 0 Å². The second-order valence-corrected chi connectivity index (χ2v) is 9.10. The van der Waals surface area contributed by atoms with Crippen LogP contribution in [0.3, 0.4) is 0 Å². The Morgan fingerprint density at radius 3 is 2.06 bits per heavy atom. The molecule has 2 unspecified atom stereocenters. The smallest absolute Gasteiger partial charge is 0.167 e. The first kappa shape index (κ1) is 23.0. The van der Waals surface area contributed by atoms with E-state index in [0.29, 0.717) is 48.5 Å². The van der Waals surface area contributed by atoms with Crippen LogP contribution in [0.15, 0.2) is 24.8 Å². The van der Waals surface area contributed by atoms with Crippen LogP contribution in [0.1, 0.15) is 67.7 Å². The largest absolute Gasteiger partial charge is 0.378 e. The Balaban J connectivity index is 1.56. The number of ether oxygens (including phenoxy) is 1. The Kier molecular flexibility index (Phi) is 7.04. The zero-order valence-corrected chi connectivity index (χ0v) is 18.6. The number of hydrogen-bond acceptors (Lipinski definition) is 1. The zero-order chi connectivity index (χ0) is 22.8. The van der Waals surface area contributed by atoms with Gasteiger partial charge in [-0.2, -0.15) is 0 Å². The summed E-state index contributed by atoms with van der Waals surface area (Å²) in [5, 5.41) is 0. The van der Waals surface area contributed by atoms with Crippen molar-refractivity contribution in [1.29, 1.82) is 0 Å². The lowest BCUT2D eigenvalue weighted by atomic mass is 9.94. The van der Waals surface area contributed by atoms with Gasteiger partial charge >= 0.3 is 0 Å². The van der Waals surface area contributed by atoms with E-state index < -0.39 is 23.3 Å². The maximum absolute atomic E-state index is 15.1. The maximum Gasteiger partial charge on any atom is 0.167 e. The molecule has 2 aliphatic rings. The third-order valence-corrected chi connectivity index (χ3v) is 6.88. The van der Waals surface area contributed by atoms with Gasteiger partial charge in [-0.15, -0.1) is 6.58 Å². The van der Waals surface area contributed by atoms with Gasteiger partial charge in [-0.3, -0.25) is 0 Å². The van der Waals surface area contributed by atoms with Crippen molar-refractivity contribution < 1.29 is 22.3 Å². The molecule has 1 aliphatic carbocycles. The highest BCUT2D eigenvalue weighted by atomic mass is 19.2. The van der Waals surface area contributed by atoms with Gasteiger partial charge in [0.15, 0.2) is 23.3 Å². The Morgan fingerprint density at radius 2 is 1.53 bits per heavy atom. The molecule has 0 amide bonds. The van der Waals surface area contributed by atoms with E-state index in [4.69, 9.17) is 4.74 Å². The number of unbranched alkanes of at least 4 members (excludes halogenated alkanes) is 2. The fourth-order valence-electron chi connectivity index (χ4n) is 4.99. The molecule has 2 atom stereocenters. The van der Waals surface area contributed by atoms with Gasteiger partial charge in [0, 0.05) is 17.0 Å². The molecule has 1 heterocycles. The molecule has 0 spiro atoms. The molecule has 0 bridgehead atoms. The van der Waals surface area contributed by atoms with E-state index >= 15 is 4.39 Å². The molecule has 2 aromatic rings. The van der Waals surface area contributed by atoms with Crippen LogP contribution in [0.5, 0.6) is 0 Å². The van der Waals surface area contributed by atoms with Crippen molar-refractivity contribution in [3.8, 4) is 11.1 Å². The minimum Gasteiger partial charge on any atom is -0.378 e. The lowest BCUT2D eigenvalue weighted by Crippen LogP contribution is -2.25. The van der Waals surface area contributed by atoms with Crippen LogP contribution in [-0.2, 0) is 24.0 Å². The summed E-state index contributed by atoms with van der Waals surface area (Å²) in [7, 11) is 0. The number of fused-ring (bicyclic) bond motifs is 3. The molecule has 1 saturated heterocycles. The van der Waals surface area contributed by atoms with Gasteiger partial charge in [0.1, 0.15) is 0 Å². The summed E-state index contributed by atoms with van der Waals surface area (Å²) in [5.41, 5.74) is 1.40. The number of rotatable bonds is 8. The molecule has 1 aliphatic heterocycles. The van der Waals surface area contributed by atoms with Gasteiger partial charge in [0.2, 0.25) is 0 Å². The Hall–Kier alpha value is -2.14. The fraction of sp³-hybridized carbons (Fsp3) is 0.481. The van der Waals surface area contributed by atoms with E-state index in [1.165, 1.54) is 0 Å². The molecular formula is C27H30F4O. The minimum atomic E-state index is -1.08. The van der Waals surface area contributed by atoms with Crippen molar-refractivity contribution in [1.82, 2.24) is 0 Å². The predicted octanol–water partition coefficient (Wildman–Crippen LogP) is 7.46. The van der Waals surface area contributed by atoms with Crippen molar-refractivity contribution in [2.75, 3.05) is 6.61 Å². The molecule has 1 fully saturated rings.